The van der Waals surface area contributed by atoms with Gasteiger partial charge in [-0.15, -0.1) is 0 Å². The molecule has 2 aromatic rings. The minimum atomic E-state index is -4.56. The summed E-state index contributed by atoms with van der Waals surface area (Å²) < 4.78 is 43.8. The smallest absolute Gasteiger partial charge is 0.433 e. The molecule has 1 aromatic carbocycles. The van der Waals surface area contributed by atoms with Crippen LogP contribution in [-0.2, 0) is 6.18 Å². The molecule has 0 radical (unpaired) electrons. The van der Waals surface area contributed by atoms with Crippen molar-refractivity contribution in [2.45, 2.75) is 20.0 Å². The minimum absolute atomic E-state index is 0.149. The fourth-order valence-corrected chi connectivity index (χ4v) is 1.76. The molecular weight excluding hydrogens is 283 g/mol. The lowest BCUT2D eigenvalue weighted by atomic mass is 10.1. The van der Waals surface area contributed by atoms with Crippen LogP contribution in [0.2, 0.25) is 0 Å². The highest BCUT2D eigenvalue weighted by atomic mass is 19.4. The Morgan fingerprint density at radius 2 is 1.81 bits per heavy atom. The maximum atomic E-state index is 12.8. The number of halogens is 3. The van der Waals surface area contributed by atoms with Crippen LogP contribution in [0.3, 0.4) is 0 Å². The van der Waals surface area contributed by atoms with Gasteiger partial charge in [0.1, 0.15) is 5.75 Å². The second-order valence-corrected chi connectivity index (χ2v) is 4.53. The summed E-state index contributed by atoms with van der Waals surface area (Å²) in [5.41, 5.74) is 0.796. The number of hydrogen-bond donors (Lipinski definition) is 1. The second kappa shape index (κ2) is 5.59. The van der Waals surface area contributed by atoms with E-state index in [0.29, 0.717) is 5.75 Å². The van der Waals surface area contributed by atoms with E-state index in [2.05, 4.69) is 15.3 Å². The van der Waals surface area contributed by atoms with Gasteiger partial charge in [0.05, 0.1) is 0 Å². The van der Waals surface area contributed by atoms with Gasteiger partial charge in [-0.25, -0.2) is 4.98 Å². The van der Waals surface area contributed by atoms with Gasteiger partial charge >= 0.3 is 6.18 Å². The predicted octanol–water partition coefficient (Wildman–Crippen LogP) is 3.95. The Kier molecular flexibility index (Phi) is 4.02. The van der Waals surface area contributed by atoms with E-state index in [-0.39, 0.29) is 11.8 Å². The highest BCUT2D eigenvalue weighted by Crippen LogP contribution is 2.32. The van der Waals surface area contributed by atoms with E-state index in [1.165, 1.54) is 7.05 Å². The lowest BCUT2D eigenvalue weighted by Gasteiger charge is -2.12. The number of hydrogen-bond acceptors (Lipinski definition) is 4. The van der Waals surface area contributed by atoms with E-state index in [1.54, 1.807) is 6.07 Å². The van der Waals surface area contributed by atoms with E-state index in [9.17, 15) is 13.2 Å². The van der Waals surface area contributed by atoms with Crippen molar-refractivity contribution >= 4 is 5.95 Å². The third kappa shape index (κ3) is 3.62. The monoisotopic (exact) mass is 297 g/mol. The Morgan fingerprint density at radius 1 is 1.10 bits per heavy atom. The van der Waals surface area contributed by atoms with Gasteiger partial charge in [0.25, 0.3) is 0 Å². The van der Waals surface area contributed by atoms with Gasteiger partial charge in [-0.2, -0.15) is 18.2 Å². The van der Waals surface area contributed by atoms with Gasteiger partial charge in [0.15, 0.2) is 5.69 Å². The number of rotatable bonds is 3. The molecule has 0 saturated heterocycles. The molecule has 1 aromatic heterocycles. The SMILES string of the molecule is CNc1nc(Oc2ccc(C)cc2C)cc(C(F)(F)F)n1. The lowest BCUT2D eigenvalue weighted by Crippen LogP contribution is -2.11. The number of nitrogens with zero attached hydrogens (tertiary/aromatic N) is 2. The molecule has 0 unspecified atom stereocenters. The van der Waals surface area contributed by atoms with E-state index in [1.807, 2.05) is 26.0 Å². The van der Waals surface area contributed by atoms with Crippen molar-refractivity contribution < 1.29 is 17.9 Å². The van der Waals surface area contributed by atoms with Crippen molar-refractivity contribution in [3.05, 3.63) is 41.1 Å². The second-order valence-electron chi connectivity index (χ2n) is 4.53. The molecule has 7 heteroatoms. The van der Waals surface area contributed by atoms with Crippen LogP contribution in [0.5, 0.6) is 11.6 Å². The number of ether oxygens (including phenoxy) is 1. The Bertz CT molecular complexity index is 656. The van der Waals surface area contributed by atoms with Gasteiger partial charge in [-0.3, -0.25) is 0 Å². The minimum Gasteiger partial charge on any atom is -0.439 e. The largest absolute Gasteiger partial charge is 0.439 e. The first-order valence-electron chi connectivity index (χ1n) is 6.19. The summed E-state index contributed by atoms with van der Waals surface area (Å²) in [6.07, 6.45) is -4.56. The Morgan fingerprint density at radius 3 is 2.38 bits per heavy atom. The molecule has 0 aliphatic heterocycles. The predicted molar refractivity (Wildman–Crippen MR) is 72.6 cm³/mol. The van der Waals surface area contributed by atoms with Gasteiger partial charge < -0.3 is 10.1 Å². The molecule has 0 aliphatic rings. The zero-order valence-electron chi connectivity index (χ0n) is 11.7. The van der Waals surface area contributed by atoms with Crippen LogP contribution in [0, 0.1) is 13.8 Å². The number of nitrogens with one attached hydrogen (secondary N) is 1. The molecule has 0 bridgehead atoms. The van der Waals surface area contributed by atoms with Crippen LogP contribution in [0.15, 0.2) is 24.3 Å². The molecule has 112 valence electrons. The fraction of sp³-hybridized carbons (Fsp3) is 0.286. The highest BCUT2D eigenvalue weighted by Gasteiger charge is 2.34. The molecule has 1 heterocycles. The summed E-state index contributed by atoms with van der Waals surface area (Å²) in [5.74, 6) is 0.146. The van der Waals surface area contributed by atoms with Crippen molar-refractivity contribution in [2.24, 2.45) is 0 Å². The van der Waals surface area contributed by atoms with Crippen LogP contribution in [-0.4, -0.2) is 17.0 Å². The average Bonchev–Trinajstić information content (AvgIpc) is 2.40. The van der Waals surface area contributed by atoms with E-state index < -0.39 is 11.9 Å². The maximum absolute atomic E-state index is 12.8. The number of aryl methyl sites for hydroxylation is 2. The first kappa shape index (κ1) is 15.1. The van der Waals surface area contributed by atoms with Crippen molar-refractivity contribution in [1.29, 1.82) is 0 Å². The van der Waals surface area contributed by atoms with Crippen LogP contribution in [0.1, 0.15) is 16.8 Å². The molecule has 2 rings (SSSR count). The van der Waals surface area contributed by atoms with Crippen LogP contribution in [0.25, 0.3) is 0 Å². The number of benzene rings is 1. The molecule has 1 N–H and O–H groups in total. The Labute approximate surface area is 120 Å². The van der Waals surface area contributed by atoms with Crippen LogP contribution >= 0.6 is 0 Å². The van der Waals surface area contributed by atoms with Crippen molar-refractivity contribution in [3.8, 4) is 11.6 Å². The summed E-state index contributed by atoms with van der Waals surface area (Å²) >= 11 is 0. The molecule has 0 aliphatic carbocycles. The first-order valence-corrected chi connectivity index (χ1v) is 6.19. The van der Waals surface area contributed by atoms with Gasteiger partial charge in [-0.05, 0) is 25.5 Å². The van der Waals surface area contributed by atoms with Crippen LogP contribution in [0.4, 0.5) is 19.1 Å². The van der Waals surface area contributed by atoms with Gasteiger partial charge in [-0.1, -0.05) is 17.7 Å². The third-order valence-corrected chi connectivity index (χ3v) is 2.76. The third-order valence-electron chi connectivity index (χ3n) is 2.76. The lowest BCUT2D eigenvalue weighted by molar-refractivity contribution is -0.141. The van der Waals surface area contributed by atoms with E-state index >= 15 is 0 Å². The van der Waals surface area contributed by atoms with Crippen molar-refractivity contribution in [3.63, 3.8) is 0 Å². The molecule has 0 spiro atoms. The summed E-state index contributed by atoms with van der Waals surface area (Å²) in [6, 6.07) is 6.16. The Balaban J connectivity index is 2.39. The molecule has 21 heavy (non-hydrogen) atoms. The van der Waals surface area contributed by atoms with Gasteiger partial charge in [0.2, 0.25) is 11.8 Å². The average molecular weight is 297 g/mol. The van der Waals surface area contributed by atoms with Crippen molar-refractivity contribution in [2.75, 3.05) is 12.4 Å². The number of alkyl halides is 3. The molecule has 0 amide bonds. The summed E-state index contributed by atoms with van der Waals surface area (Å²) in [4.78, 5) is 7.25. The molecule has 4 nitrogen and oxygen atoms in total. The zero-order valence-corrected chi connectivity index (χ0v) is 11.7. The van der Waals surface area contributed by atoms with Crippen molar-refractivity contribution in [1.82, 2.24) is 9.97 Å². The summed E-state index contributed by atoms with van der Waals surface area (Å²) in [7, 11) is 1.44. The standard InChI is InChI=1S/C14H14F3N3O/c1-8-4-5-10(9(2)6-8)21-12-7-11(14(15,16)17)19-13(18-3)20-12/h4-7H,1-3H3,(H,18,19,20). The molecular formula is C14H14F3N3O. The number of anilines is 1. The quantitative estimate of drug-likeness (QED) is 0.932. The highest BCUT2D eigenvalue weighted by molar-refractivity contribution is 5.39. The summed E-state index contributed by atoms with van der Waals surface area (Å²) in [6.45, 7) is 3.73. The molecule has 0 fully saturated rings. The first-order chi connectivity index (χ1) is 9.79. The molecule has 0 saturated carbocycles. The molecule has 0 atom stereocenters. The van der Waals surface area contributed by atoms with Gasteiger partial charge in [0, 0.05) is 13.1 Å². The van der Waals surface area contributed by atoms with E-state index in [0.717, 1.165) is 17.2 Å². The normalized spacial score (nSPS) is 11.3. The fourth-order valence-electron chi connectivity index (χ4n) is 1.76. The van der Waals surface area contributed by atoms with E-state index in [4.69, 9.17) is 4.74 Å². The Hall–Kier alpha value is -2.31. The van der Waals surface area contributed by atoms with Crippen LogP contribution < -0.4 is 10.1 Å². The maximum Gasteiger partial charge on any atom is 0.433 e. The summed E-state index contributed by atoms with van der Waals surface area (Å²) in [5, 5.41) is 2.49. The topological polar surface area (TPSA) is 47.0 Å². The zero-order chi connectivity index (χ0) is 15.6. The number of aromatic nitrogens is 2.